The molecule has 0 bridgehead atoms. The summed E-state index contributed by atoms with van der Waals surface area (Å²) in [5.41, 5.74) is 3.87. The van der Waals surface area contributed by atoms with Gasteiger partial charge in [0.1, 0.15) is 17.1 Å². The highest BCUT2D eigenvalue weighted by atomic mass is 35.5. The molecule has 0 spiro atoms. The Labute approximate surface area is 168 Å². The molecule has 0 N–H and O–H groups in total. The fourth-order valence-corrected chi connectivity index (χ4v) is 3.25. The van der Waals surface area contributed by atoms with Crippen molar-refractivity contribution in [1.29, 1.82) is 0 Å². The van der Waals surface area contributed by atoms with E-state index in [2.05, 4.69) is 19.1 Å². The van der Waals surface area contributed by atoms with Crippen LogP contribution in [0.2, 0.25) is 5.02 Å². The van der Waals surface area contributed by atoms with Crippen LogP contribution < -0.4 is 10.1 Å². The van der Waals surface area contributed by atoms with Crippen LogP contribution in [0.25, 0.3) is 22.3 Å². The van der Waals surface area contributed by atoms with Crippen molar-refractivity contribution in [2.45, 2.75) is 13.3 Å². The second kappa shape index (κ2) is 7.91. The summed E-state index contributed by atoms with van der Waals surface area (Å²) in [5.74, 6) is 1.54. The number of hydrogen-bond acceptors (Lipinski definition) is 3. The molecule has 3 nitrogen and oxygen atoms in total. The molecule has 0 aliphatic heterocycles. The number of aryl methyl sites for hydroxylation is 1. The van der Waals surface area contributed by atoms with Gasteiger partial charge < -0.3 is 9.15 Å². The van der Waals surface area contributed by atoms with Crippen LogP contribution in [0.5, 0.6) is 5.75 Å². The lowest BCUT2D eigenvalue weighted by Gasteiger charge is -2.07. The van der Waals surface area contributed by atoms with Crippen LogP contribution >= 0.6 is 11.6 Å². The molecule has 4 heteroatoms. The third-order valence-electron chi connectivity index (χ3n) is 4.67. The number of methoxy groups -OCH3 is 1. The number of nitrogens with zero attached hydrogens (tertiary/aromatic N) is 1. The fourth-order valence-electron chi connectivity index (χ4n) is 3.08. The Kier molecular flexibility index (Phi) is 5.18. The summed E-state index contributed by atoms with van der Waals surface area (Å²) in [6, 6.07) is 23.6. The molecule has 140 valence electrons. The quantitative estimate of drug-likeness (QED) is 0.396. The molecule has 1 aromatic heterocycles. The van der Waals surface area contributed by atoms with E-state index in [9.17, 15) is 0 Å². The van der Waals surface area contributed by atoms with E-state index >= 15 is 0 Å². The van der Waals surface area contributed by atoms with Crippen molar-refractivity contribution < 1.29 is 9.15 Å². The molecule has 0 aliphatic carbocycles. The molecular formula is C24H20ClNO2. The molecule has 0 radical (unpaired) electrons. The first-order chi connectivity index (χ1) is 13.7. The maximum Gasteiger partial charge on any atom is 0.136 e. The Morgan fingerprint density at radius 3 is 2.36 bits per heavy atom. The van der Waals surface area contributed by atoms with Gasteiger partial charge in [0.25, 0.3) is 0 Å². The van der Waals surface area contributed by atoms with Gasteiger partial charge >= 0.3 is 0 Å². The van der Waals surface area contributed by atoms with Gasteiger partial charge in [0.2, 0.25) is 0 Å². The van der Waals surface area contributed by atoms with Crippen molar-refractivity contribution in [1.82, 2.24) is 0 Å². The lowest BCUT2D eigenvalue weighted by atomic mass is 10.1. The maximum atomic E-state index is 6.23. The van der Waals surface area contributed by atoms with Crippen LogP contribution in [-0.4, -0.2) is 7.11 Å². The van der Waals surface area contributed by atoms with Gasteiger partial charge in [-0.15, -0.1) is 0 Å². The van der Waals surface area contributed by atoms with Crippen molar-refractivity contribution in [3.8, 4) is 17.1 Å². The normalized spacial score (nSPS) is 11.8. The average molecular weight is 390 g/mol. The van der Waals surface area contributed by atoms with E-state index in [4.69, 9.17) is 25.7 Å². The molecule has 4 aromatic rings. The smallest absolute Gasteiger partial charge is 0.136 e. The van der Waals surface area contributed by atoms with E-state index < -0.39 is 0 Å². The van der Waals surface area contributed by atoms with Crippen molar-refractivity contribution in [2.24, 2.45) is 4.99 Å². The Balaban J connectivity index is 1.91. The third-order valence-corrected chi connectivity index (χ3v) is 4.91. The first kappa shape index (κ1) is 18.3. The van der Waals surface area contributed by atoms with Crippen LogP contribution in [-0.2, 0) is 6.42 Å². The molecule has 0 saturated heterocycles. The number of fused-ring (bicyclic) bond motifs is 1. The van der Waals surface area contributed by atoms with Crippen molar-refractivity contribution >= 4 is 28.3 Å². The summed E-state index contributed by atoms with van der Waals surface area (Å²) in [4.78, 5) is 4.86. The minimum atomic E-state index is 0.651. The monoisotopic (exact) mass is 389 g/mol. The number of rotatable bonds is 4. The van der Waals surface area contributed by atoms with E-state index in [-0.39, 0.29) is 0 Å². The molecule has 0 amide bonds. The lowest BCUT2D eigenvalue weighted by Crippen LogP contribution is -2.03. The zero-order valence-electron chi connectivity index (χ0n) is 15.8. The molecule has 4 rings (SSSR count). The Bertz CT molecular complexity index is 1180. The second-order valence-corrected chi connectivity index (χ2v) is 6.93. The molecule has 0 atom stereocenters. The predicted octanol–water partition coefficient (Wildman–Crippen LogP) is 6.56. The summed E-state index contributed by atoms with van der Waals surface area (Å²) >= 11 is 6.23. The van der Waals surface area contributed by atoms with Crippen molar-refractivity contribution in [3.05, 3.63) is 88.7 Å². The Morgan fingerprint density at radius 2 is 1.68 bits per heavy atom. The summed E-state index contributed by atoms with van der Waals surface area (Å²) in [6.07, 6.45) is 1.00. The van der Waals surface area contributed by atoms with Crippen LogP contribution in [0, 0.1) is 0 Å². The van der Waals surface area contributed by atoms with Gasteiger partial charge in [-0.25, -0.2) is 4.99 Å². The van der Waals surface area contributed by atoms with Crippen LogP contribution in [0.15, 0.2) is 82.2 Å². The number of halogens is 1. The van der Waals surface area contributed by atoms with Gasteiger partial charge in [-0.2, -0.15) is 0 Å². The molecule has 28 heavy (non-hydrogen) atoms. The molecule has 0 saturated carbocycles. The van der Waals surface area contributed by atoms with E-state index in [1.54, 1.807) is 7.11 Å². The summed E-state index contributed by atoms with van der Waals surface area (Å²) in [6.45, 7) is 2.14. The Morgan fingerprint density at radius 1 is 0.929 bits per heavy atom. The molecule has 0 fully saturated rings. The minimum Gasteiger partial charge on any atom is -0.497 e. The summed E-state index contributed by atoms with van der Waals surface area (Å²) in [5, 5.41) is 2.35. The predicted molar refractivity (Wildman–Crippen MR) is 114 cm³/mol. The maximum absolute atomic E-state index is 6.23. The molecular weight excluding hydrogens is 370 g/mol. The van der Waals surface area contributed by atoms with E-state index in [0.717, 1.165) is 45.5 Å². The van der Waals surface area contributed by atoms with Gasteiger partial charge in [0, 0.05) is 22.0 Å². The number of ether oxygens (including phenoxy) is 1. The first-order valence-corrected chi connectivity index (χ1v) is 9.55. The fraction of sp³-hybridized carbons (Fsp3) is 0.125. The number of hydrogen-bond donors (Lipinski definition) is 0. The Hall–Kier alpha value is -3.04. The topological polar surface area (TPSA) is 34.7 Å². The molecule has 0 aliphatic rings. The standard InChI is InChI=1S/C24H20ClNO2/c1-3-16-4-9-19(10-5-16)26-22-15-24(17-6-11-20(27-2)12-7-17)28-23-13-8-18(25)14-21(22)23/h4-15H,3H2,1-2H3. The van der Waals surface area contributed by atoms with E-state index in [0.29, 0.717) is 5.02 Å². The molecule has 1 heterocycles. The van der Waals surface area contributed by atoms with Gasteiger partial charge in [-0.05, 0) is 66.6 Å². The number of benzene rings is 3. The highest BCUT2D eigenvalue weighted by molar-refractivity contribution is 6.31. The van der Waals surface area contributed by atoms with Gasteiger partial charge in [0.05, 0.1) is 18.2 Å². The SMILES string of the molecule is CCc1ccc(N=c2cc(-c3ccc(OC)cc3)oc3ccc(Cl)cc23)cc1. The van der Waals surface area contributed by atoms with E-state index in [1.807, 2.05) is 60.7 Å². The van der Waals surface area contributed by atoms with Crippen molar-refractivity contribution in [3.63, 3.8) is 0 Å². The minimum absolute atomic E-state index is 0.651. The molecule has 0 unspecified atom stereocenters. The van der Waals surface area contributed by atoms with Crippen molar-refractivity contribution in [2.75, 3.05) is 7.11 Å². The highest BCUT2D eigenvalue weighted by Gasteiger charge is 2.07. The summed E-state index contributed by atoms with van der Waals surface area (Å²) < 4.78 is 11.4. The first-order valence-electron chi connectivity index (χ1n) is 9.18. The zero-order chi connectivity index (χ0) is 19.5. The van der Waals surface area contributed by atoms with Gasteiger partial charge in [-0.3, -0.25) is 0 Å². The lowest BCUT2D eigenvalue weighted by molar-refractivity contribution is 0.415. The average Bonchev–Trinajstić information content (AvgIpc) is 2.74. The third kappa shape index (κ3) is 3.80. The summed E-state index contributed by atoms with van der Waals surface area (Å²) in [7, 11) is 1.65. The zero-order valence-corrected chi connectivity index (χ0v) is 16.5. The van der Waals surface area contributed by atoms with Crippen LogP contribution in [0.3, 0.4) is 0 Å². The van der Waals surface area contributed by atoms with Crippen LogP contribution in [0.1, 0.15) is 12.5 Å². The largest absolute Gasteiger partial charge is 0.497 e. The van der Waals surface area contributed by atoms with Gasteiger partial charge in [-0.1, -0.05) is 30.7 Å². The van der Waals surface area contributed by atoms with E-state index in [1.165, 1.54) is 5.56 Å². The van der Waals surface area contributed by atoms with Gasteiger partial charge in [0.15, 0.2) is 0 Å². The van der Waals surface area contributed by atoms with Crippen LogP contribution in [0.4, 0.5) is 5.69 Å². The highest BCUT2D eigenvalue weighted by Crippen LogP contribution is 2.26. The molecule has 3 aromatic carbocycles. The second-order valence-electron chi connectivity index (χ2n) is 6.50.